The van der Waals surface area contributed by atoms with Crippen LogP contribution in [0.15, 0.2) is 35.9 Å². The summed E-state index contributed by atoms with van der Waals surface area (Å²) >= 11 is 5.84. The lowest BCUT2D eigenvalue weighted by Crippen LogP contribution is -2.30. The van der Waals surface area contributed by atoms with Gasteiger partial charge in [-0.2, -0.15) is 0 Å². The van der Waals surface area contributed by atoms with E-state index in [2.05, 4.69) is 16.7 Å². The number of hydrogen-bond acceptors (Lipinski definition) is 3. The van der Waals surface area contributed by atoms with Crippen molar-refractivity contribution >= 4 is 17.5 Å². The summed E-state index contributed by atoms with van der Waals surface area (Å²) in [5, 5.41) is 6.72. The normalized spacial score (nSPS) is 14.6. The maximum Gasteiger partial charge on any atom is 0.257 e. The Labute approximate surface area is 124 Å². The third-order valence-electron chi connectivity index (χ3n) is 3.09. The number of benzene rings is 1. The number of halogens is 1. The standard InChI is InChI=1S/C15H19ClN2O2/c16-13-2-1-3-14(10-13)20-11-15(19)18-9-6-12-4-7-17-8-5-12/h1-4,10,17H,5-9,11H2,(H,18,19). The van der Waals surface area contributed by atoms with Crippen LogP contribution in [0.4, 0.5) is 0 Å². The molecule has 0 saturated heterocycles. The minimum absolute atomic E-state index is 0.0148. The van der Waals surface area contributed by atoms with E-state index in [1.54, 1.807) is 24.3 Å². The molecule has 108 valence electrons. The number of hydrogen-bond donors (Lipinski definition) is 2. The third kappa shape index (κ3) is 5.23. The molecule has 1 aliphatic heterocycles. The van der Waals surface area contributed by atoms with Gasteiger partial charge in [0.05, 0.1) is 0 Å². The second-order valence-electron chi connectivity index (χ2n) is 4.66. The molecule has 1 aromatic carbocycles. The van der Waals surface area contributed by atoms with Crippen molar-refractivity contribution in [2.45, 2.75) is 12.8 Å². The molecule has 0 bridgehead atoms. The average Bonchev–Trinajstić information content (AvgIpc) is 2.46. The first-order valence-electron chi connectivity index (χ1n) is 6.78. The highest BCUT2D eigenvalue weighted by molar-refractivity contribution is 6.30. The van der Waals surface area contributed by atoms with E-state index >= 15 is 0 Å². The van der Waals surface area contributed by atoms with Crippen molar-refractivity contribution in [1.82, 2.24) is 10.6 Å². The number of amides is 1. The van der Waals surface area contributed by atoms with E-state index in [9.17, 15) is 4.79 Å². The van der Waals surface area contributed by atoms with Gasteiger partial charge in [-0.05, 0) is 37.6 Å². The fourth-order valence-electron chi connectivity index (χ4n) is 2.02. The Morgan fingerprint density at radius 1 is 1.45 bits per heavy atom. The second-order valence-corrected chi connectivity index (χ2v) is 5.10. The highest BCUT2D eigenvalue weighted by Gasteiger charge is 2.05. The maximum atomic E-state index is 11.6. The highest BCUT2D eigenvalue weighted by atomic mass is 35.5. The van der Waals surface area contributed by atoms with Crippen molar-refractivity contribution in [2.75, 3.05) is 26.2 Å². The fraction of sp³-hybridized carbons (Fsp3) is 0.400. The van der Waals surface area contributed by atoms with E-state index in [0.717, 1.165) is 25.9 Å². The van der Waals surface area contributed by atoms with Gasteiger partial charge in [0.25, 0.3) is 5.91 Å². The van der Waals surface area contributed by atoms with Crippen LogP contribution < -0.4 is 15.4 Å². The zero-order chi connectivity index (χ0) is 14.2. The van der Waals surface area contributed by atoms with Crippen molar-refractivity contribution in [2.24, 2.45) is 0 Å². The largest absolute Gasteiger partial charge is 0.484 e. The van der Waals surface area contributed by atoms with Gasteiger partial charge < -0.3 is 15.4 Å². The lowest BCUT2D eigenvalue weighted by Gasteiger charge is -2.14. The molecule has 0 aromatic heterocycles. The molecule has 0 saturated carbocycles. The van der Waals surface area contributed by atoms with Gasteiger partial charge >= 0.3 is 0 Å². The Bertz CT molecular complexity index is 489. The lowest BCUT2D eigenvalue weighted by molar-refractivity contribution is -0.123. The fourth-order valence-corrected chi connectivity index (χ4v) is 2.20. The van der Waals surface area contributed by atoms with Crippen LogP contribution in [-0.4, -0.2) is 32.1 Å². The molecule has 0 fully saturated rings. The topological polar surface area (TPSA) is 50.4 Å². The molecular formula is C15H19ClN2O2. The lowest BCUT2D eigenvalue weighted by atomic mass is 10.1. The first kappa shape index (κ1) is 14.9. The number of carbonyl (C=O) groups is 1. The minimum Gasteiger partial charge on any atom is -0.484 e. The van der Waals surface area contributed by atoms with Gasteiger partial charge in [0, 0.05) is 18.1 Å². The first-order chi connectivity index (χ1) is 9.74. The van der Waals surface area contributed by atoms with E-state index in [4.69, 9.17) is 16.3 Å². The smallest absolute Gasteiger partial charge is 0.257 e. The molecule has 0 unspecified atom stereocenters. The van der Waals surface area contributed by atoms with E-state index < -0.39 is 0 Å². The molecule has 4 nitrogen and oxygen atoms in total. The van der Waals surface area contributed by atoms with Crippen LogP contribution >= 0.6 is 11.6 Å². The van der Waals surface area contributed by atoms with Crippen LogP contribution in [0.2, 0.25) is 5.02 Å². The van der Waals surface area contributed by atoms with Crippen molar-refractivity contribution in [3.8, 4) is 5.75 Å². The van der Waals surface area contributed by atoms with Gasteiger partial charge in [-0.15, -0.1) is 0 Å². The Balaban J connectivity index is 1.64. The van der Waals surface area contributed by atoms with Crippen LogP contribution in [0.3, 0.4) is 0 Å². The van der Waals surface area contributed by atoms with Crippen molar-refractivity contribution in [3.05, 3.63) is 40.9 Å². The van der Waals surface area contributed by atoms with Gasteiger partial charge in [-0.3, -0.25) is 4.79 Å². The van der Waals surface area contributed by atoms with E-state index in [1.165, 1.54) is 5.57 Å². The zero-order valence-corrected chi connectivity index (χ0v) is 12.1. The van der Waals surface area contributed by atoms with E-state index in [1.807, 2.05) is 0 Å². The Morgan fingerprint density at radius 3 is 3.10 bits per heavy atom. The van der Waals surface area contributed by atoms with Crippen LogP contribution in [0.25, 0.3) is 0 Å². The summed E-state index contributed by atoms with van der Waals surface area (Å²) in [5.41, 5.74) is 1.40. The van der Waals surface area contributed by atoms with E-state index in [0.29, 0.717) is 17.3 Å². The Hall–Kier alpha value is -1.52. The number of ether oxygens (including phenoxy) is 1. The average molecular weight is 295 g/mol. The van der Waals surface area contributed by atoms with Crippen LogP contribution in [0.1, 0.15) is 12.8 Å². The molecule has 1 aromatic rings. The third-order valence-corrected chi connectivity index (χ3v) is 3.33. The quantitative estimate of drug-likeness (QED) is 0.791. The molecule has 1 heterocycles. The molecule has 1 aliphatic rings. The number of carbonyl (C=O) groups excluding carboxylic acids is 1. The molecule has 1 amide bonds. The Kier molecular flexibility index (Phi) is 5.89. The van der Waals surface area contributed by atoms with Gasteiger partial charge in [0.2, 0.25) is 0 Å². The summed E-state index contributed by atoms with van der Waals surface area (Å²) < 4.78 is 5.37. The Morgan fingerprint density at radius 2 is 2.35 bits per heavy atom. The second kappa shape index (κ2) is 7.92. The summed E-state index contributed by atoms with van der Waals surface area (Å²) in [7, 11) is 0. The first-order valence-corrected chi connectivity index (χ1v) is 7.15. The predicted molar refractivity (Wildman–Crippen MR) is 80.1 cm³/mol. The molecule has 20 heavy (non-hydrogen) atoms. The molecule has 0 aliphatic carbocycles. The van der Waals surface area contributed by atoms with Gasteiger partial charge in [-0.1, -0.05) is 29.3 Å². The monoisotopic (exact) mass is 294 g/mol. The van der Waals surface area contributed by atoms with Crippen LogP contribution in [0, 0.1) is 0 Å². The summed E-state index contributed by atoms with van der Waals surface area (Å²) in [6.07, 6.45) is 4.16. The number of rotatable bonds is 6. The van der Waals surface area contributed by atoms with Crippen molar-refractivity contribution in [3.63, 3.8) is 0 Å². The minimum atomic E-state index is -0.112. The summed E-state index contributed by atoms with van der Waals surface area (Å²) in [4.78, 5) is 11.6. The van der Waals surface area contributed by atoms with Gasteiger partial charge in [0.15, 0.2) is 6.61 Å². The summed E-state index contributed by atoms with van der Waals surface area (Å²) in [5.74, 6) is 0.494. The van der Waals surface area contributed by atoms with Crippen LogP contribution in [-0.2, 0) is 4.79 Å². The molecular weight excluding hydrogens is 276 g/mol. The molecule has 2 N–H and O–H groups in total. The number of nitrogens with one attached hydrogen (secondary N) is 2. The van der Waals surface area contributed by atoms with Crippen molar-refractivity contribution < 1.29 is 9.53 Å². The highest BCUT2D eigenvalue weighted by Crippen LogP contribution is 2.16. The van der Waals surface area contributed by atoms with Gasteiger partial charge in [-0.25, -0.2) is 0 Å². The molecule has 0 radical (unpaired) electrons. The molecule has 2 rings (SSSR count). The summed E-state index contributed by atoms with van der Waals surface area (Å²) in [6.45, 7) is 2.63. The van der Waals surface area contributed by atoms with Crippen molar-refractivity contribution in [1.29, 1.82) is 0 Å². The SMILES string of the molecule is O=C(COc1cccc(Cl)c1)NCCC1=CCNCC1. The van der Waals surface area contributed by atoms with E-state index in [-0.39, 0.29) is 12.5 Å². The maximum absolute atomic E-state index is 11.6. The van der Waals surface area contributed by atoms with Gasteiger partial charge in [0.1, 0.15) is 5.75 Å². The predicted octanol–water partition coefficient (Wildman–Crippen LogP) is 2.14. The molecule has 0 spiro atoms. The molecule has 0 atom stereocenters. The van der Waals surface area contributed by atoms with Crippen LogP contribution in [0.5, 0.6) is 5.75 Å². The molecule has 5 heteroatoms. The zero-order valence-electron chi connectivity index (χ0n) is 11.3. The summed E-state index contributed by atoms with van der Waals surface area (Å²) in [6, 6.07) is 7.02.